The number of benzene rings is 1. The zero-order chi connectivity index (χ0) is 13.7. The summed E-state index contributed by atoms with van der Waals surface area (Å²) in [5.41, 5.74) is 0.144. The van der Waals surface area contributed by atoms with Gasteiger partial charge in [-0.05, 0) is 19.1 Å². The molecule has 0 atom stereocenters. The molecule has 6 nitrogen and oxygen atoms in total. The van der Waals surface area contributed by atoms with E-state index in [0.717, 1.165) is 0 Å². The summed E-state index contributed by atoms with van der Waals surface area (Å²) in [7, 11) is 0. The van der Waals surface area contributed by atoms with Gasteiger partial charge in [0.05, 0.1) is 5.41 Å². The molecule has 0 unspecified atom stereocenters. The predicted octanol–water partition coefficient (Wildman–Crippen LogP) is 2.41. The van der Waals surface area contributed by atoms with Crippen molar-refractivity contribution in [1.82, 2.24) is 0 Å². The second kappa shape index (κ2) is 5.60. The number of anilines is 1. The topological polar surface area (TPSA) is 73.9 Å². The van der Waals surface area contributed by atoms with Gasteiger partial charge < -0.3 is 14.2 Å². The van der Waals surface area contributed by atoms with Crippen molar-refractivity contribution in [3.05, 3.63) is 30.3 Å². The predicted molar refractivity (Wildman–Crippen MR) is 66.8 cm³/mol. The Kier molecular flexibility index (Phi) is 3.89. The van der Waals surface area contributed by atoms with E-state index in [1.807, 2.05) is 25.1 Å². The summed E-state index contributed by atoms with van der Waals surface area (Å²) in [6.45, 7) is 2.27. The van der Waals surface area contributed by atoms with E-state index in [-0.39, 0.29) is 19.8 Å². The van der Waals surface area contributed by atoms with Gasteiger partial charge in [-0.3, -0.25) is 5.32 Å². The van der Waals surface area contributed by atoms with Gasteiger partial charge in [-0.25, -0.2) is 9.59 Å². The van der Waals surface area contributed by atoms with Crippen molar-refractivity contribution in [3.63, 3.8) is 0 Å². The van der Waals surface area contributed by atoms with Crippen molar-refractivity contribution in [2.75, 3.05) is 25.1 Å². The molecule has 0 saturated carbocycles. The summed E-state index contributed by atoms with van der Waals surface area (Å²) < 4.78 is 14.6. The van der Waals surface area contributed by atoms with Crippen LogP contribution in [0.1, 0.15) is 6.92 Å². The van der Waals surface area contributed by atoms with Crippen molar-refractivity contribution in [1.29, 1.82) is 0 Å². The second-order valence-electron chi connectivity index (χ2n) is 4.71. The number of rotatable bonds is 3. The van der Waals surface area contributed by atoms with Crippen molar-refractivity contribution in [2.45, 2.75) is 6.92 Å². The van der Waals surface area contributed by atoms with Gasteiger partial charge >= 0.3 is 12.2 Å². The van der Waals surface area contributed by atoms with Crippen LogP contribution in [-0.2, 0) is 14.2 Å². The number of carbonyl (C=O) groups excluding carboxylic acids is 2. The summed E-state index contributed by atoms with van der Waals surface area (Å²) in [5.74, 6) is 0. The van der Waals surface area contributed by atoms with Crippen LogP contribution in [0.25, 0.3) is 0 Å². The molecule has 19 heavy (non-hydrogen) atoms. The Balaban J connectivity index is 1.79. The van der Waals surface area contributed by atoms with E-state index in [0.29, 0.717) is 5.69 Å². The van der Waals surface area contributed by atoms with Crippen molar-refractivity contribution in [3.8, 4) is 0 Å². The van der Waals surface area contributed by atoms with Gasteiger partial charge in [-0.1, -0.05) is 18.2 Å². The average Bonchev–Trinajstić information content (AvgIpc) is 2.42. The third-order valence-electron chi connectivity index (χ3n) is 2.65. The van der Waals surface area contributed by atoms with Gasteiger partial charge in [0, 0.05) is 5.69 Å². The zero-order valence-corrected chi connectivity index (χ0v) is 10.5. The fraction of sp³-hybridized carbons (Fsp3) is 0.385. The van der Waals surface area contributed by atoms with E-state index in [1.54, 1.807) is 12.1 Å². The van der Waals surface area contributed by atoms with Crippen LogP contribution in [0.3, 0.4) is 0 Å². The van der Waals surface area contributed by atoms with Crippen LogP contribution in [0.5, 0.6) is 0 Å². The summed E-state index contributed by atoms with van der Waals surface area (Å²) in [5, 5.41) is 2.60. The third kappa shape index (κ3) is 3.87. The van der Waals surface area contributed by atoms with Gasteiger partial charge in [0.15, 0.2) is 0 Å². The molecule has 1 fully saturated rings. The Bertz CT molecular complexity index is 449. The maximum Gasteiger partial charge on any atom is 0.508 e. The maximum absolute atomic E-state index is 11.6. The molecule has 1 N–H and O–H groups in total. The van der Waals surface area contributed by atoms with E-state index >= 15 is 0 Å². The molecule has 0 spiro atoms. The van der Waals surface area contributed by atoms with Crippen LogP contribution < -0.4 is 5.32 Å². The number of hydrogen-bond donors (Lipinski definition) is 1. The molecule has 102 valence electrons. The third-order valence-corrected chi connectivity index (χ3v) is 2.65. The molecular weight excluding hydrogens is 250 g/mol. The first kappa shape index (κ1) is 13.2. The average molecular weight is 265 g/mol. The molecule has 1 saturated heterocycles. The quantitative estimate of drug-likeness (QED) is 0.849. The van der Waals surface area contributed by atoms with E-state index in [9.17, 15) is 9.59 Å². The Morgan fingerprint density at radius 2 is 1.95 bits per heavy atom. The Labute approximate surface area is 110 Å². The highest BCUT2D eigenvalue weighted by atomic mass is 16.7. The number of carbonyl (C=O) groups is 2. The monoisotopic (exact) mass is 265 g/mol. The lowest BCUT2D eigenvalue weighted by molar-refractivity contribution is -0.0722. The molecule has 1 aromatic carbocycles. The minimum absolute atomic E-state index is 0.110. The standard InChI is InChI=1S/C13H15NO5/c1-13(8-18-12(16)19-9-13)7-17-11(15)14-10-5-3-2-4-6-10/h2-6H,7-9H2,1H3,(H,14,15). The number of nitrogens with one attached hydrogen (secondary N) is 1. The molecule has 0 bridgehead atoms. The van der Waals surface area contributed by atoms with Crippen molar-refractivity contribution in [2.24, 2.45) is 5.41 Å². The molecule has 1 aromatic rings. The van der Waals surface area contributed by atoms with Gasteiger partial charge in [0.2, 0.25) is 0 Å². The van der Waals surface area contributed by atoms with Gasteiger partial charge in [-0.2, -0.15) is 0 Å². The first-order valence-electron chi connectivity index (χ1n) is 5.86. The second-order valence-corrected chi connectivity index (χ2v) is 4.71. The number of para-hydroxylation sites is 1. The number of amides is 1. The minimum Gasteiger partial charge on any atom is -0.448 e. The fourth-order valence-corrected chi connectivity index (χ4v) is 1.55. The highest BCUT2D eigenvalue weighted by Gasteiger charge is 2.34. The highest BCUT2D eigenvalue weighted by Crippen LogP contribution is 2.22. The van der Waals surface area contributed by atoms with E-state index in [2.05, 4.69) is 5.32 Å². The van der Waals surface area contributed by atoms with Gasteiger partial charge in [0.1, 0.15) is 19.8 Å². The molecule has 0 aliphatic carbocycles. The van der Waals surface area contributed by atoms with Crippen LogP contribution >= 0.6 is 0 Å². The SMILES string of the molecule is CC1(COC(=O)Nc2ccccc2)COC(=O)OC1. The zero-order valence-electron chi connectivity index (χ0n) is 10.5. The van der Waals surface area contributed by atoms with Crippen LogP contribution in [0.2, 0.25) is 0 Å². The molecule has 1 amide bonds. The lowest BCUT2D eigenvalue weighted by atomic mass is 9.94. The summed E-state index contributed by atoms with van der Waals surface area (Å²) in [6, 6.07) is 8.99. The number of hydrogen-bond acceptors (Lipinski definition) is 5. The number of ether oxygens (including phenoxy) is 3. The fourth-order valence-electron chi connectivity index (χ4n) is 1.55. The smallest absolute Gasteiger partial charge is 0.448 e. The molecule has 6 heteroatoms. The lowest BCUT2D eigenvalue weighted by Crippen LogP contribution is -2.41. The first-order valence-corrected chi connectivity index (χ1v) is 5.86. The molecule has 1 aliphatic rings. The first-order chi connectivity index (χ1) is 9.07. The Morgan fingerprint density at radius 3 is 2.58 bits per heavy atom. The van der Waals surface area contributed by atoms with Crippen LogP contribution in [0, 0.1) is 5.41 Å². The molecule has 1 heterocycles. The van der Waals surface area contributed by atoms with Gasteiger partial charge in [0.25, 0.3) is 0 Å². The molecule has 0 aromatic heterocycles. The molecule has 2 rings (SSSR count). The molecular formula is C13H15NO5. The van der Waals surface area contributed by atoms with E-state index in [4.69, 9.17) is 14.2 Å². The molecule has 1 aliphatic heterocycles. The summed E-state index contributed by atoms with van der Waals surface area (Å²) in [6.07, 6.45) is -1.24. The number of cyclic esters (lactones) is 2. The molecule has 0 radical (unpaired) electrons. The van der Waals surface area contributed by atoms with Crippen LogP contribution in [0.4, 0.5) is 15.3 Å². The van der Waals surface area contributed by atoms with E-state index < -0.39 is 17.7 Å². The van der Waals surface area contributed by atoms with Crippen LogP contribution in [-0.4, -0.2) is 32.1 Å². The van der Waals surface area contributed by atoms with E-state index in [1.165, 1.54) is 0 Å². The maximum atomic E-state index is 11.6. The summed E-state index contributed by atoms with van der Waals surface area (Å²) >= 11 is 0. The Morgan fingerprint density at radius 1 is 1.32 bits per heavy atom. The lowest BCUT2D eigenvalue weighted by Gasteiger charge is -2.31. The van der Waals surface area contributed by atoms with Crippen molar-refractivity contribution < 1.29 is 23.8 Å². The minimum atomic E-state index is -0.689. The summed E-state index contributed by atoms with van der Waals surface area (Å²) in [4.78, 5) is 22.3. The van der Waals surface area contributed by atoms with Crippen LogP contribution in [0.15, 0.2) is 30.3 Å². The van der Waals surface area contributed by atoms with Gasteiger partial charge in [-0.15, -0.1) is 0 Å². The largest absolute Gasteiger partial charge is 0.508 e. The highest BCUT2D eigenvalue weighted by molar-refractivity contribution is 5.84. The Hall–Kier alpha value is -2.24. The normalized spacial score (nSPS) is 17.0. The van der Waals surface area contributed by atoms with Crippen molar-refractivity contribution >= 4 is 17.9 Å².